The maximum Gasteiger partial charge on any atom is 0.439 e. The molecule has 1 amide bonds. The van der Waals surface area contributed by atoms with Crippen LogP contribution < -0.4 is 0 Å². The fraction of sp³-hybridized carbons (Fsp3) is 0.222. The summed E-state index contributed by atoms with van der Waals surface area (Å²) in [6.45, 7) is 0. The van der Waals surface area contributed by atoms with Crippen LogP contribution in [0.25, 0.3) is 0 Å². The largest absolute Gasteiger partial charge is 0.439 e. The van der Waals surface area contributed by atoms with E-state index in [-0.39, 0.29) is 4.90 Å². The van der Waals surface area contributed by atoms with Crippen LogP contribution in [-0.2, 0) is 4.74 Å². The standard InChI is InChI=1S/C9HN7O2/c10-1-7(2-11)9(3-12,4-13)18-8(17)16(5-14)6-15/h7H. The van der Waals surface area contributed by atoms with Crippen molar-refractivity contribution >= 4 is 6.09 Å². The quantitative estimate of drug-likeness (QED) is 0.471. The zero-order chi connectivity index (χ0) is 14.2. The number of hydrogen-bond acceptors (Lipinski definition) is 8. The second kappa shape index (κ2) is 5.94. The van der Waals surface area contributed by atoms with Gasteiger partial charge in [-0.3, -0.25) is 0 Å². The molecule has 0 atom stereocenters. The molecule has 0 aromatic heterocycles. The van der Waals surface area contributed by atoms with Crippen LogP contribution in [0.5, 0.6) is 0 Å². The normalized spacial score (nSPS) is 8.39. The molecule has 0 unspecified atom stereocenters. The molecule has 0 fully saturated rings. The monoisotopic (exact) mass is 239 g/mol. The zero-order valence-corrected chi connectivity index (χ0v) is 8.52. The van der Waals surface area contributed by atoms with E-state index in [2.05, 4.69) is 4.74 Å². The molecule has 0 radical (unpaired) electrons. The van der Waals surface area contributed by atoms with E-state index in [0.29, 0.717) is 0 Å². The molecule has 0 aromatic rings. The lowest BCUT2D eigenvalue weighted by atomic mass is 9.92. The maximum absolute atomic E-state index is 11.2. The molecule has 0 aliphatic heterocycles. The van der Waals surface area contributed by atoms with Crippen molar-refractivity contribution in [3.63, 3.8) is 0 Å². The highest BCUT2D eigenvalue weighted by molar-refractivity contribution is 5.72. The Balaban J connectivity index is 5.45. The van der Waals surface area contributed by atoms with Gasteiger partial charge in [-0.2, -0.15) is 31.6 Å². The van der Waals surface area contributed by atoms with Crippen molar-refractivity contribution in [1.29, 1.82) is 31.6 Å². The highest BCUT2D eigenvalue weighted by atomic mass is 16.6. The molecule has 0 N–H and O–H groups in total. The summed E-state index contributed by atoms with van der Waals surface area (Å²) in [7, 11) is 0. The molecule has 9 heteroatoms. The Morgan fingerprint density at radius 3 is 1.72 bits per heavy atom. The van der Waals surface area contributed by atoms with Gasteiger partial charge in [-0.15, -0.1) is 4.90 Å². The summed E-state index contributed by atoms with van der Waals surface area (Å²) in [6.07, 6.45) is 0.594. The second-order valence-electron chi connectivity index (χ2n) is 2.55. The average molecular weight is 239 g/mol. The van der Waals surface area contributed by atoms with E-state index in [0.717, 1.165) is 12.4 Å². The van der Waals surface area contributed by atoms with Crippen LogP contribution in [0.1, 0.15) is 0 Å². The van der Waals surface area contributed by atoms with Crippen molar-refractivity contribution in [3.05, 3.63) is 0 Å². The number of carbonyl (C=O) groups is 1. The SMILES string of the molecule is N#CC(C#N)C(C#N)(C#N)OC(=O)N(C#N)C#N. The van der Waals surface area contributed by atoms with Crippen LogP contribution >= 0.6 is 0 Å². The molecule has 18 heavy (non-hydrogen) atoms. The molecule has 9 nitrogen and oxygen atoms in total. The lowest BCUT2D eigenvalue weighted by Crippen LogP contribution is -2.41. The molecule has 84 valence electrons. The molecule has 0 bridgehead atoms. The average Bonchev–Trinajstić information content (AvgIpc) is 2.40. The third-order valence-corrected chi connectivity index (χ3v) is 1.63. The predicted molar refractivity (Wildman–Crippen MR) is 48.2 cm³/mol. The van der Waals surface area contributed by atoms with Crippen molar-refractivity contribution in [2.45, 2.75) is 5.60 Å². The third kappa shape index (κ3) is 2.41. The van der Waals surface area contributed by atoms with E-state index in [4.69, 9.17) is 31.6 Å². The molecule has 0 rings (SSSR count). The second-order valence-corrected chi connectivity index (χ2v) is 2.55. The number of nitrogens with zero attached hydrogens (tertiary/aromatic N) is 7. The summed E-state index contributed by atoms with van der Waals surface area (Å²) < 4.78 is 4.30. The van der Waals surface area contributed by atoms with Gasteiger partial charge in [-0.05, 0) is 0 Å². The van der Waals surface area contributed by atoms with E-state index in [1.807, 2.05) is 0 Å². The summed E-state index contributed by atoms with van der Waals surface area (Å²) in [4.78, 5) is 11.1. The Morgan fingerprint density at radius 2 is 1.44 bits per heavy atom. The molecule has 0 heterocycles. The van der Waals surface area contributed by atoms with Crippen LogP contribution in [0.4, 0.5) is 4.79 Å². The van der Waals surface area contributed by atoms with Gasteiger partial charge in [0, 0.05) is 0 Å². The maximum atomic E-state index is 11.2. The Kier molecular flexibility index (Phi) is 4.69. The summed E-state index contributed by atoms with van der Waals surface area (Å²) in [5.74, 6) is -1.88. The third-order valence-electron chi connectivity index (χ3n) is 1.63. The molecule has 0 aromatic carbocycles. The number of carbonyl (C=O) groups excluding carboxylic acids is 1. The molecule has 0 aliphatic carbocycles. The van der Waals surface area contributed by atoms with Crippen molar-refractivity contribution in [2.75, 3.05) is 0 Å². The number of rotatable bonds is 2. The first kappa shape index (κ1) is 14.2. The molecule has 0 saturated heterocycles. The minimum atomic E-state index is -2.70. The smallest absolute Gasteiger partial charge is 0.409 e. The lowest BCUT2D eigenvalue weighted by molar-refractivity contribution is 0.0636. The van der Waals surface area contributed by atoms with Crippen LogP contribution in [0.15, 0.2) is 0 Å². The van der Waals surface area contributed by atoms with E-state index in [1.54, 1.807) is 0 Å². The van der Waals surface area contributed by atoms with Gasteiger partial charge in [0.15, 0.2) is 5.92 Å². The van der Waals surface area contributed by atoms with Crippen molar-refractivity contribution in [1.82, 2.24) is 4.90 Å². The predicted octanol–water partition coefficient (Wildman–Crippen LogP) is -0.164. The first-order valence-electron chi connectivity index (χ1n) is 3.99. The summed E-state index contributed by atoms with van der Waals surface area (Å²) >= 11 is 0. The van der Waals surface area contributed by atoms with E-state index >= 15 is 0 Å². The highest BCUT2D eigenvalue weighted by Gasteiger charge is 2.46. The summed E-state index contributed by atoms with van der Waals surface area (Å²) in [5, 5.41) is 51.4. The number of nitriles is 6. The first-order chi connectivity index (χ1) is 8.54. The summed E-state index contributed by atoms with van der Waals surface area (Å²) in [6, 6.07) is 5.03. The van der Waals surface area contributed by atoms with Crippen LogP contribution in [0.2, 0.25) is 0 Å². The zero-order valence-electron chi connectivity index (χ0n) is 8.52. The molecular formula is C9HN7O2. The van der Waals surface area contributed by atoms with Gasteiger partial charge >= 0.3 is 11.7 Å². The Morgan fingerprint density at radius 1 is 1.00 bits per heavy atom. The molecular weight excluding hydrogens is 238 g/mol. The lowest BCUT2D eigenvalue weighted by Gasteiger charge is -2.19. The first-order valence-corrected chi connectivity index (χ1v) is 3.99. The van der Waals surface area contributed by atoms with Crippen LogP contribution in [0.3, 0.4) is 0 Å². The fourth-order valence-corrected chi connectivity index (χ4v) is 0.757. The van der Waals surface area contributed by atoms with Gasteiger partial charge < -0.3 is 4.74 Å². The van der Waals surface area contributed by atoms with Gasteiger partial charge in [0.2, 0.25) is 12.4 Å². The van der Waals surface area contributed by atoms with Gasteiger partial charge in [-0.25, -0.2) is 4.79 Å². The van der Waals surface area contributed by atoms with E-state index in [9.17, 15) is 4.79 Å². The van der Waals surface area contributed by atoms with E-state index in [1.165, 1.54) is 24.3 Å². The fourth-order valence-electron chi connectivity index (χ4n) is 0.757. The minimum Gasteiger partial charge on any atom is -0.409 e. The number of amides is 1. The Labute approximate surface area is 101 Å². The van der Waals surface area contributed by atoms with Gasteiger partial charge in [0.1, 0.15) is 12.1 Å². The topological polar surface area (TPSA) is 172 Å². The molecule has 0 saturated carbocycles. The number of ether oxygens (including phenoxy) is 1. The van der Waals surface area contributed by atoms with Crippen molar-refractivity contribution in [2.24, 2.45) is 5.92 Å². The Bertz CT molecular complexity index is 556. The summed E-state index contributed by atoms with van der Waals surface area (Å²) in [5.41, 5.74) is -2.70. The molecule has 0 aliphatic rings. The van der Waals surface area contributed by atoms with Gasteiger partial charge in [-0.1, -0.05) is 0 Å². The highest BCUT2D eigenvalue weighted by Crippen LogP contribution is 2.21. The van der Waals surface area contributed by atoms with Crippen molar-refractivity contribution in [3.8, 4) is 36.7 Å². The minimum absolute atomic E-state index is 0.158. The van der Waals surface area contributed by atoms with Gasteiger partial charge in [0.05, 0.1) is 12.1 Å². The van der Waals surface area contributed by atoms with Gasteiger partial charge in [0.25, 0.3) is 0 Å². The van der Waals surface area contributed by atoms with Crippen LogP contribution in [0, 0.1) is 74.2 Å². The van der Waals surface area contributed by atoms with Crippen molar-refractivity contribution < 1.29 is 9.53 Å². The van der Waals surface area contributed by atoms with Crippen LogP contribution in [-0.4, -0.2) is 16.6 Å². The Hall–Kier alpha value is -3.79. The molecule has 0 spiro atoms. The van der Waals surface area contributed by atoms with E-state index < -0.39 is 17.6 Å². The number of hydrogen-bond donors (Lipinski definition) is 0.